The Hall–Kier alpha value is -2.54. The third-order valence-electron chi connectivity index (χ3n) is 2.84. The SMILES string of the molecule is Cc1nnc(NC(=O)Cc2ccc(-n3cccn3)cc2)s1. The summed E-state index contributed by atoms with van der Waals surface area (Å²) in [5.74, 6) is -0.0991. The molecule has 0 fully saturated rings. The molecule has 0 atom stereocenters. The fourth-order valence-corrected chi connectivity index (χ4v) is 2.49. The van der Waals surface area contributed by atoms with Crippen molar-refractivity contribution in [2.45, 2.75) is 13.3 Å². The second-order valence-electron chi connectivity index (χ2n) is 4.47. The number of anilines is 1. The van der Waals surface area contributed by atoms with Crippen molar-refractivity contribution >= 4 is 22.4 Å². The fraction of sp³-hybridized carbons (Fsp3) is 0.143. The molecule has 106 valence electrons. The average molecular weight is 299 g/mol. The van der Waals surface area contributed by atoms with Crippen LogP contribution in [0.2, 0.25) is 0 Å². The largest absolute Gasteiger partial charge is 0.300 e. The molecule has 0 aliphatic carbocycles. The zero-order valence-corrected chi connectivity index (χ0v) is 12.2. The van der Waals surface area contributed by atoms with E-state index in [-0.39, 0.29) is 5.91 Å². The van der Waals surface area contributed by atoms with Gasteiger partial charge in [0, 0.05) is 12.4 Å². The van der Waals surface area contributed by atoms with Crippen LogP contribution in [0.25, 0.3) is 5.69 Å². The molecule has 0 unspecified atom stereocenters. The second-order valence-corrected chi connectivity index (χ2v) is 5.65. The third kappa shape index (κ3) is 3.32. The van der Waals surface area contributed by atoms with Gasteiger partial charge in [-0.25, -0.2) is 4.68 Å². The number of amides is 1. The first-order chi connectivity index (χ1) is 10.2. The summed E-state index contributed by atoms with van der Waals surface area (Å²) >= 11 is 1.36. The van der Waals surface area contributed by atoms with Crippen LogP contribution in [-0.2, 0) is 11.2 Å². The van der Waals surface area contributed by atoms with E-state index in [1.54, 1.807) is 10.9 Å². The minimum absolute atomic E-state index is 0.0991. The van der Waals surface area contributed by atoms with Crippen molar-refractivity contribution in [2.24, 2.45) is 0 Å². The Balaban J connectivity index is 1.63. The molecule has 2 aromatic heterocycles. The van der Waals surface area contributed by atoms with Crippen LogP contribution in [0.5, 0.6) is 0 Å². The van der Waals surface area contributed by atoms with Gasteiger partial charge in [-0.2, -0.15) is 5.10 Å². The number of rotatable bonds is 4. The molecule has 7 heteroatoms. The molecule has 0 aliphatic rings. The van der Waals surface area contributed by atoms with Gasteiger partial charge in [0.05, 0.1) is 12.1 Å². The fourth-order valence-electron chi connectivity index (χ4n) is 1.88. The molecule has 6 nitrogen and oxygen atoms in total. The van der Waals surface area contributed by atoms with Crippen LogP contribution in [0.1, 0.15) is 10.6 Å². The number of aromatic nitrogens is 4. The number of hydrogen-bond donors (Lipinski definition) is 1. The third-order valence-corrected chi connectivity index (χ3v) is 3.60. The van der Waals surface area contributed by atoms with E-state index in [9.17, 15) is 4.79 Å². The summed E-state index contributed by atoms with van der Waals surface area (Å²) in [4.78, 5) is 11.9. The summed E-state index contributed by atoms with van der Waals surface area (Å²) in [7, 11) is 0. The van der Waals surface area contributed by atoms with Crippen LogP contribution in [0, 0.1) is 6.92 Å². The normalized spacial score (nSPS) is 10.5. The van der Waals surface area contributed by atoms with E-state index >= 15 is 0 Å². The standard InChI is InChI=1S/C14H13N5OS/c1-10-17-18-14(21-10)16-13(20)9-11-3-5-12(6-4-11)19-8-2-7-15-19/h2-8H,9H2,1H3,(H,16,18,20). The van der Waals surface area contributed by atoms with Crippen LogP contribution in [-0.4, -0.2) is 25.9 Å². The van der Waals surface area contributed by atoms with Gasteiger partial charge in [-0.05, 0) is 30.7 Å². The predicted molar refractivity (Wildman–Crippen MR) is 80.5 cm³/mol. The quantitative estimate of drug-likeness (QED) is 0.801. The Morgan fingerprint density at radius 1 is 1.29 bits per heavy atom. The number of carbonyl (C=O) groups excluding carboxylic acids is 1. The lowest BCUT2D eigenvalue weighted by atomic mass is 10.1. The Bertz CT molecular complexity index is 733. The van der Waals surface area contributed by atoms with E-state index in [0.29, 0.717) is 11.6 Å². The molecule has 1 N–H and O–H groups in total. The van der Waals surface area contributed by atoms with Crippen molar-refractivity contribution in [3.8, 4) is 5.69 Å². The van der Waals surface area contributed by atoms with Crippen molar-refractivity contribution in [1.29, 1.82) is 0 Å². The van der Waals surface area contributed by atoms with Gasteiger partial charge in [-0.1, -0.05) is 23.5 Å². The molecule has 0 saturated carbocycles. The number of nitrogens with one attached hydrogen (secondary N) is 1. The van der Waals surface area contributed by atoms with E-state index in [0.717, 1.165) is 16.3 Å². The van der Waals surface area contributed by atoms with E-state index < -0.39 is 0 Å². The first kappa shape index (κ1) is 13.4. The summed E-state index contributed by atoms with van der Waals surface area (Å²) in [6.45, 7) is 1.85. The molecule has 21 heavy (non-hydrogen) atoms. The summed E-state index contributed by atoms with van der Waals surface area (Å²) in [5.41, 5.74) is 1.90. The van der Waals surface area contributed by atoms with Crippen molar-refractivity contribution in [3.05, 3.63) is 53.3 Å². The molecule has 0 saturated heterocycles. The highest BCUT2D eigenvalue weighted by atomic mass is 32.1. The molecule has 1 aromatic carbocycles. The molecule has 0 aliphatic heterocycles. The summed E-state index contributed by atoms with van der Waals surface area (Å²) in [6, 6.07) is 9.57. The maximum atomic E-state index is 11.9. The Morgan fingerprint density at radius 2 is 2.10 bits per heavy atom. The molecule has 2 heterocycles. The highest BCUT2D eigenvalue weighted by molar-refractivity contribution is 7.15. The average Bonchev–Trinajstić information content (AvgIpc) is 3.11. The van der Waals surface area contributed by atoms with Gasteiger partial charge >= 0.3 is 0 Å². The first-order valence-electron chi connectivity index (χ1n) is 6.39. The Morgan fingerprint density at radius 3 is 2.71 bits per heavy atom. The number of carbonyl (C=O) groups is 1. The van der Waals surface area contributed by atoms with Crippen LogP contribution in [0.3, 0.4) is 0 Å². The highest BCUT2D eigenvalue weighted by Gasteiger charge is 2.07. The molecule has 0 radical (unpaired) electrons. The van der Waals surface area contributed by atoms with E-state index in [4.69, 9.17) is 0 Å². The molecule has 1 amide bonds. The smallest absolute Gasteiger partial charge is 0.230 e. The van der Waals surface area contributed by atoms with Gasteiger partial charge in [0.2, 0.25) is 11.0 Å². The van der Waals surface area contributed by atoms with Gasteiger partial charge in [-0.15, -0.1) is 10.2 Å². The van der Waals surface area contributed by atoms with Crippen molar-refractivity contribution < 1.29 is 4.79 Å². The Kier molecular flexibility index (Phi) is 3.74. The molecule has 0 spiro atoms. The summed E-state index contributed by atoms with van der Waals surface area (Å²) in [6.07, 6.45) is 3.91. The van der Waals surface area contributed by atoms with Gasteiger partial charge in [0.1, 0.15) is 5.01 Å². The minimum atomic E-state index is -0.0991. The lowest BCUT2D eigenvalue weighted by Crippen LogP contribution is -2.14. The number of benzene rings is 1. The zero-order chi connectivity index (χ0) is 14.7. The van der Waals surface area contributed by atoms with Gasteiger partial charge < -0.3 is 5.32 Å². The molecule has 0 bridgehead atoms. The Labute approximate surface area is 125 Å². The maximum Gasteiger partial charge on any atom is 0.230 e. The summed E-state index contributed by atoms with van der Waals surface area (Å²) < 4.78 is 1.77. The van der Waals surface area contributed by atoms with E-state index in [1.165, 1.54) is 11.3 Å². The van der Waals surface area contributed by atoms with Crippen LogP contribution >= 0.6 is 11.3 Å². The second kappa shape index (κ2) is 5.84. The molecule has 3 aromatic rings. The lowest BCUT2D eigenvalue weighted by molar-refractivity contribution is -0.115. The van der Waals surface area contributed by atoms with Gasteiger partial charge in [0.15, 0.2) is 0 Å². The number of hydrogen-bond acceptors (Lipinski definition) is 5. The molecular weight excluding hydrogens is 286 g/mol. The van der Waals surface area contributed by atoms with Gasteiger partial charge in [0.25, 0.3) is 0 Å². The molecule has 3 rings (SSSR count). The van der Waals surface area contributed by atoms with Crippen LogP contribution in [0.4, 0.5) is 5.13 Å². The van der Waals surface area contributed by atoms with Gasteiger partial charge in [-0.3, -0.25) is 4.79 Å². The highest BCUT2D eigenvalue weighted by Crippen LogP contribution is 2.14. The zero-order valence-electron chi connectivity index (χ0n) is 11.4. The van der Waals surface area contributed by atoms with Crippen molar-refractivity contribution in [2.75, 3.05) is 5.32 Å². The lowest BCUT2D eigenvalue weighted by Gasteiger charge is -2.04. The predicted octanol–water partition coefficient (Wildman–Crippen LogP) is 2.21. The first-order valence-corrected chi connectivity index (χ1v) is 7.21. The number of aryl methyl sites for hydroxylation is 1. The summed E-state index contributed by atoms with van der Waals surface area (Å²) in [5, 5.41) is 16.0. The number of nitrogens with zero attached hydrogens (tertiary/aromatic N) is 4. The van der Waals surface area contributed by atoms with Crippen molar-refractivity contribution in [3.63, 3.8) is 0 Å². The van der Waals surface area contributed by atoms with E-state index in [2.05, 4.69) is 20.6 Å². The van der Waals surface area contributed by atoms with Crippen LogP contribution in [0.15, 0.2) is 42.7 Å². The monoisotopic (exact) mass is 299 g/mol. The molecular formula is C14H13N5OS. The van der Waals surface area contributed by atoms with Crippen molar-refractivity contribution in [1.82, 2.24) is 20.0 Å². The maximum absolute atomic E-state index is 11.9. The van der Waals surface area contributed by atoms with Crippen LogP contribution < -0.4 is 5.32 Å². The topological polar surface area (TPSA) is 72.7 Å². The minimum Gasteiger partial charge on any atom is -0.300 e. The van der Waals surface area contributed by atoms with E-state index in [1.807, 2.05) is 43.5 Å².